The van der Waals surface area contributed by atoms with Crippen molar-refractivity contribution < 1.29 is 18.7 Å². The molecular formula is C11H12BrNO4. The van der Waals surface area contributed by atoms with E-state index in [0.717, 1.165) is 6.42 Å². The van der Waals surface area contributed by atoms with Crippen molar-refractivity contribution in [3.8, 4) is 0 Å². The number of likely N-dealkylation sites (tertiary alicyclic amines) is 1. The van der Waals surface area contributed by atoms with Gasteiger partial charge in [-0.05, 0) is 40.9 Å². The highest BCUT2D eigenvalue weighted by Crippen LogP contribution is 2.23. The minimum Gasteiger partial charge on any atom is -0.467 e. The third kappa shape index (κ3) is 2.36. The van der Waals surface area contributed by atoms with Gasteiger partial charge < -0.3 is 14.1 Å². The minimum absolute atomic E-state index is 0.229. The Labute approximate surface area is 107 Å². The fourth-order valence-electron chi connectivity index (χ4n) is 1.96. The zero-order chi connectivity index (χ0) is 12.4. The van der Waals surface area contributed by atoms with Gasteiger partial charge in [-0.15, -0.1) is 0 Å². The molecule has 1 atom stereocenters. The first-order chi connectivity index (χ1) is 8.13. The minimum atomic E-state index is -0.489. The average molecular weight is 302 g/mol. The van der Waals surface area contributed by atoms with Gasteiger partial charge in [0.25, 0.3) is 5.91 Å². The molecule has 2 rings (SSSR count). The predicted octanol–water partition coefficient (Wildman–Crippen LogP) is 1.82. The fraction of sp³-hybridized carbons (Fsp3) is 0.455. The van der Waals surface area contributed by atoms with Crippen LogP contribution in [0.3, 0.4) is 0 Å². The summed E-state index contributed by atoms with van der Waals surface area (Å²) in [6.45, 7) is 0.552. The lowest BCUT2D eigenvalue weighted by atomic mass is 10.2. The van der Waals surface area contributed by atoms with Crippen molar-refractivity contribution in [3.63, 3.8) is 0 Å². The second kappa shape index (κ2) is 4.91. The Morgan fingerprint density at radius 2 is 2.29 bits per heavy atom. The van der Waals surface area contributed by atoms with E-state index < -0.39 is 6.04 Å². The molecule has 1 aliphatic rings. The average Bonchev–Trinajstić information content (AvgIpc) is 2.95. The van der Waals surface area contributed by atoms with Crippen LogP contribution in [0.25, 0.3) is 0 Å². The van der Waals surface area contributed by atoms with Gasteiger partial charge in [-0.1, -0.05) is 0 Å². The molecule has 92 valence electrons. The highest BCUT2D eigenvalue weighted by atomic mass is 79.9. The molecule has 1 aromatic heterocycles. The number of furan rings is 1. The summed E-state index contributed by atoms with van der Waals surface area (Å²) < 4.78 is 10.4. The molecule has 2 heterocycles. The Bertz CT molecular complexity index is 442. The van der Waals surface area contributed by atoms with Gasteiger partial charge in [0, 0.05) is 6.54 Å². The summed E-state index contributed by atoms with van der Waals surface area (Å²) in [6, 6.07) is 2.74. The maximum atomic E-state index is 12.1. The molecule has 17 heavy (non-hydrogen) atoms. The number of ether oxygens (including phenoxy) is 1. The number of halogens is 1. The number of carbonyl (C=O) groups is 2. The van der Waals surface area contributed by atoms with Gasteiger partial charge in [0.2, 0.25) is 0 Å². The van der Waals surface area contributed by atoms with Crippen LogP contribution in [0.15, 0.2) is 21.2 Å². The number of esters is 1. The number of carbonyl (C=O) groups excluding carboxylic acids is 2. The van der Waals surface area contributed by atoms with Crippen molar-refractivity contribution in [1.82, 2.24) is 4.90 Å². The number of rotatable bonds is 2. The Kier molecular flexibility index (Phi) is 3.51. The van der Waals surface area contributed by atoms with Crippen molar-refractivity contribution in [2.45, 2.75) is 18.9 Å². The molecule has 5 nitrogen and oxygen atoms in total. The SMILES string of the molecule is COC(=O)C1CCCN1C(=O)c1ccc(Br)o1. The maximum Gasteiger partial charge on any atom is 0.328 e. The molecular weight excluding hydrogens is 290 g/mol. The Hall–Kier alpha value is -1.30. The number of amides is 1. The summed E-state index contributed by atoms with van der Waals surface area (Å²) in [5.41, 5.74) is 0. The molecule has 1 saturated heterocycles. The van der Waals surface area contributed by atoms with Crippen LogP contribution in [0.5, 0.6) is 0 Å². The summed E-state index contributed by atoms with van der Waals surface area (Å²) in [6.07, 6.45) is 1.44. The van der Waals surface area contributed by atoms with Crippen LogP contribution < -0.4 is 0 Å². The van der Waals surface area contributed by atoms with Gasteiger partial charge in [-0.25, -0.2) is 4.79 Å². The van der Waals surface area contributed by atoms with Crippen LogP contribution in [0, 0.1) is 0 Å². The topological polar surface area (TPSA) is 59.8 Å². The normalized spacial score (nSPS) is 19.4. The van der Waals surface area contributed by atoms with E-state index in [1.54, 1.807) is 12.1 Å². The first-order valence-electron chi connectivity index (χ1n) is 5.27. The number of methoxy groups -OCH3 is 1. The van der Waals surface area contributed by atoms with E-state index in [-0.39, 0.29) is 17.6 Å². The third-order valence-corrected chi connectivity index (χ3v) is 3.20. The highest BCUT2D eigenvalue weighted by molar-refractivity contribution is 9.10. The van der Waals surface area contributed by atoms with Crippen LogP contribution >= 0.6 is 15.9 Å². The summed E-state index contributed by atoms with van der Waals surface area (Å²) in [5.74, 6) is -0.419. The monoisotopic (exact) mass is 301 g/mol. The number of hydrogen-bond donors (Lipinski definition) is 0. The second-order valence-corrected chi connectivity index (χ2v) is 4.57. The van der Waals surface area contributed by atoms with Crippen molar-refractivity contribution in [3.05, 3.63) is 22.6 Å². The van der Waals surface area contributed by atoms with E-state index >= 15 is 0 Å². The quantitative estimate of drug-likeness (QED) is 0.782. The lowest BCUT2D eigenvalue weighted by Crippen LogP contribution is -2.40. The van der Waals surface area contributed by atoms with Crippen LogP contribution in [0.1, 0.15) is 23.4 Å². The number of nitrogens with zero attached hydrogens (tertiary/aromatic N) is 1. The third-order valence-electron chi connectivity index (χ3n) is 2.77. The second-order valence-electron chi connectivity index (χ2n) is 3.78. The lowest BCUT2D eigenvalue weighted by molar-refractivity contribution is -0.145. The molecule has 6 heteroatoms. The van der Waals surface area contributed by atoms with Gasteiger partial charge in [-0.2, -0.15) is 0 Å². The summed E-state index contributed by atoms with van der Waals surface area (Å²) >= 11 is 3.14. The van der Waals surface area contributed by atoms with Crippen LogP contribution in [0.4, 0.5) is 0 Å². The van der Waals surface area contributed by atoms with E-state index in [9.17, 15) is 9.59 Å². The van der Waals surface area contributed by atoms with E-state index in [2.05, 4.69) is 20.7 Å². The first-order valence-corrected chi connectivity index (χ1v) is 6.07. The van der Waals surface area contributed by atoms with Crippen molar-refractivity contribution in [2.75, 3.05) is 13.7 Å². The first kappa shape index (κ1) is 12.2. The predicted molar refractivity (Wildman–Crippen MR) is 62.5 cm³/mol. The van der Waals surface area contributed by atoms with E-state index in [1.807, 2.05) is 0 Å². The zero-order valence-corrected chi connectivity index (χ0v) is 10.9. The van der Waals surface area contributed by atoms with Crippen molar-refractivity contribution >= 4 is 27.8 Å². The van der Waals surface area contributed by atoms with E-state index in [4.69, 9.17) is 4.42 Å². The summed E-state index contributed by atoms with van der Waals surface area (Å²) in [7, 11) is 1.33. The highest BCUT2D eigenvalue weighted by Gasteiger charge is 2.36. The smallest absolute Gasteiger partial charge is 0.328 e. The molecule has 1 unspecified atom stereocenters. The molecule has 0 aliphatic carbocycles. The molecule has 0 aromatic carbocycles. The molecule has 1 aliphatic heterocycles. The largest absolute Gasteiger partial charge is 0.467 e. The molecule has 0 bridgehead atoms. The van der Waals surface area contributed by atoms with E-state index in [0.29, 0.717) is 17.6 Å². The molecule has 1 aromatic rings. The zero-order valence-electron chi connectivity index (χ0n) is 9.31. The van der Waals surface area contributed by atoms with Crippen molar-refractivity contribution in [2.24, 2.45) is 0 Å². The summed E-state index contributed by atoms with van der Waals surface area (Å²) in [4.78, 5) is 25.1. The van der Waals surface area contributed by atoms with Crippen LogP contribution in [-0.2, 0) is 9.53 Å². The molecule has 0 N–H and O–H groups in total. The Balaban J connectivity index is 2.16. The van der Waals surface area contributed by atoms with Gasteiger partial charge in [0.05, 0.1) is 7.11 Å². The number of hydrogen-bond acceptors (Lipinski definition) is 4. The van der Waals surface area contributed by atoms with Gasteiger partial charge in [0.1, 0.15) is 6.04 Å². The molecule has 0 radical (unpaired) electrons. The van der Waals surface area contributed by atoms with Gasteiger partial charge in [-0.3, -0.25) is 4.79 Å². The van der Waals surface area contributed by atoms with Gasteiger partial charge >= 0.3 is 5.97 Å². The van der Waals surface area contributed by atoms with Crippen molar-refractivity contribution in [1.29, 1.82) is 0 Å². The lowest BCUT2D eigenvalue weighted by Gasteiger charge is -2.21. The Morgan fingerprint density at radius 1 is 1.53 bits per heavy atom. The van der Waals surface area contributed by atoms with Gasteiger partial charge in [0.15, 0.2) is 10.4 Å². The molecule has 0 spiro atoms. The molecule has 0 saturated carbocycles. The standard InChI is InChI=1S/C11H12BrNO4/c1-16-11(15)7-3-2-6-13(7)10(14)8-4-5-9(12)17-8/h4-5,7H,2-3,6H2,1H3. The summed E-state index contributed by atoms with van der Waals surface area (Å²) in [5, 5.41) is 0. The molecule has 1 fully saturated rings. The van der Waals surface area contributed by atoms with E-state index in [1.165, 1.54) is 12.0 Å². The van der Waals surface area contributed by atoms with Crippen LogP contribution in [-0.4, -0.2) is 36.5 Å². The van der Waals surface area contributed by atoms with Crippen LogP contribution in [0.2, 0.25) is 0 Å². The fourth-order valence-corrected chi connectivity index (χ4v) is 2.27. The maximum absolute atomic E-state index is 12.1. The Morgan fingerprint density at radius 3 is 2.88 bits per heavy atom. The molecule has 1 amide bonds.